The van der Waals surface area contributed by atoms with Gasteiger partial charge in [0.2, 0.25) is 5.95 Å². The van der Waals surface area contributed by atoms with Gasteiger partial charge in [-0.1, -0.05) is 11.6 Å². The molecule has 1 aliphatic heterocycles. The zero-order valence-corrected chi connectivity index (χ0v) is 19.4. The highest BCUT2D eigenvalue weighted by atomic mass is 35.5. The van der Waals surface area contributed by atoms with E-state index in [1.807, 2.05) is 6.07 Å². The zero-order valence-electron chi connectivity index (χ0n) is 18.7. The number of nitrogens with zero attached hydrogens (tertiary/aromatic N) is 7. The molecule has 6 rings (SSSR count). The molecule has 0 saturated heterocycles. The zero-order chi connectivity index (χ0) is 24.3. The monoisotopic (exact) mass is 500 g/mol. The van der Waals surface area contributed by atoms with Crippen LogP contribution >= 0.6 is 11.6 Å². The number of aromatic nitrogens is 7. The number of anilines is 2. The van der Waals surface area contributed by atoms with Gasteiger partial charge in [0, 0.05) is 26.1 Å². The summed E-state index contributed by atoms with van der Waals surface area (Å²) < 4.78 is 44.3. The van der Waals surface area contributed by atoms with E-state index in [1.54, 1.807) is 41.7 Å². The highest BCUT2D eigenvalue weighted by Gasteiger charge is 2.38. The number of aryl methyl sites for hydroxylation is 2. The van der Waals surface area contributed by atoms with Gasteiger partial charge in [-0.25, -0.2) is 9.50 Å². The fraction of sp³-hybridized carbons (Fsp3) is 0.273. The van der Waals surface area contributed by atoms with Crippen molar-refractivity contribution in [2.75, 3.05) is 12.4 Å². The molecular formula is C22H19ClF2N8O2. The minimum absolute atomic E-state index is 0.108. The smallest absolute Gasteiger partial charge is 0.289 e. The van der Waals surface area contributed by atoms with Crippen LogP contribution in [0.1, 0.15) is 18.5 Å². The molecule has 0 amide bonds. The Balaban J connectivity index is 1.33. The summed E-state index contributed by atoms with van der Waals surface area (Å²) in [4.78, 5) is 8.82. The number of hydrogen-bond acceptors (Lipinski definition) is 7. The maximum atomic E-state index is 14.2. The van der Waals surface area contributed by atoms with E-state index < -0.39 is 5.92 Å². The van der Waals surface area contributed by atoms with E-state index in [0.29, 0.717) is 52.3 Å². The molecule has 13 heteroatoms. The molecule has 0 spiro atoms. The molecule has 0 bridgehead atoms. The molecular weight excluding hydrogens is 482 g/mol. The van der Waals surface area contributed by atoms with Crippen LogP contribution in [0.2, 0.25) is 5.02 Å². The van der Waals surface area contributed by atoms with Gasteiger partial charge in [0.05, 0.1) is 25.7 Å². The van der Waals surface area contributed by atoms with Gasteiger partial charge in [-0.3, -0.25) is 4.68 Å². The predicted octanol–water partition coefficient (Wildman–Crippen LogP) is 4.90. The van der Waals surface area contributed by atoms with Gasteiger partial charge in [-0.05, 0) is 18.6 Å². The van der Waals surface area contributed by atoms with Gasteiger partial charge in [0.25, 0.3) is 5.92 Å². The van der Waals surface area contributed by atoms with Crippen molar-refractivity contribution in [1.82, 2.24) is 33.9 Å². The standard InChI is InChI=1S/C22H19ClF2N8O2/c1-31-19-18(23)15(35-14-10-27-33-11-12(34-2)4-5-13(14)33)9-26-20(19)29-21(31)28-17-8-16-22(24,25)6-3-7-32(16)30-17/h4-5,8-11H,3,6-7H2,1-2H3,(H,26,28,29,30). The maximum absolute atomic E-state index is 14.2. The van der Waals surface area contributed by atoms with Gasteiger partial charge < -0.3 is 19.4 Å². The second kappa shape index (κ2) is 7.80. The topological polar surface area (TPSA) is 96.3 Å². The highest BCUT2D eigenvalue weighted by molar-refractivity contribution is 6.36. The molecule has 10 nitrogen and oxygen atoms in total. The first-order chi connectivity index (χ1) is 16.8. The Bertz CT molecular complexity index is 1590. The van der Waals surface area contributed by atoms with Gasteiger partial charge in [-0.15, -0.1) is 0 Å². The Morgan fingerprint density at radius 2 is 2.06 bits per heavy atom. The number of methoxy groups -OCH3 is 1. The molecule has 5 aromatic rings. The van der Waals surface area contributed by atoms with Crippen molar-refractivity contribution in [3.8, 4) is 17.2 Å². The third-order valence-electron chi connectivity index (χ3n) is 5.97. The molecule has 0 aliphatic carbocycles. The van der Waals surface area contributed by atoms with Crippen molar-refractivity contribution < 1.29 is 18.3 Å². The van der Waals surface area contributed by atoms with Crippen molar-refractivity contribution in [2.24, 2.45) is 7.05 Å². The van der Waals surface area contributed by atoms with E-state index in [0.717, 1.165) is 5.52 Å². The molecule has 0 radical (unpaired) electrons. The molecule has 0 atom stereocenters. The van der Waals surface area contributed by atoms with Crippen LogP contribution in [-0.2, 0) is 19.5 Å². The summed E-state index contributed by atoms with van der Waals surface area (Å²) in [7, 11) is 3.32. The van der Waals surface area contributed by atoms with E-state index in [2.05, 4.69) is 25.5 Å². The molecule has 5 aromatic heterocycles. The molecule has 0 aromatic carbocycles. The summed E-state index contributed by atoms with van der Waals surface area (Å²) in [6, 6.07) is 4.97. The minimum atomic E-state index is -2.90. The molecule has 0 fully saturated rings. The van der Waals surface area contributed by atoms with Crippen molar-refractivity contribution in [1.29, 1.82) is 0 Å². The highest BCUT2D eigenvalue weighted by Crippen LogP contribution is 2.39. The largest absolute Gasteiger partial charge is 0.495 e. The second-order valence-corrected chi connectivity index (χ2v) is 8.56. The van der Waals surface area contributed by atoms with Crippen LogP contribution in [0.25, 0.3) is 16.7 Å². The number of alkyl halides is 2. The number of ether oxygens (including phenoxy) is 2. The summed E-state index contributed by atoms with van der Waals surface area (Å²) in [5, 5.41) is 11.8. The van der Waals surface area contributed by atoms with Crippen molar-refractivity contribution in [3.63, 3.8) is 0 Å². The second-order valence-electron chi connectivity index (χ2n) is 8.18. The quantitative estimate of drug-likeness (QED) is 0.367. The fourth-order valence-electron chi connectivity index (χ4n) is 4.19. The van der Waals surface area contributed by atoms with Crippen LogP contribution in [-0.4, -0.2) is 41.0 Å². The van der Waals surface area contributed by atoms with Crippen LogP contribution in [0.4, 0.5) is 20.5 Å². The van der Waals surface area contributed by atoms with Crippen LogP contribution in [0.3, 0.4) is 0 Å². The van der Waals surface area contributed by atoms with Crippen molar-refractivity contribution >= 4 is 40.0 Å². The first-order valence-electron chi connectivity index (χ1n) is 10.8. The van der Waals surface area contributed by atoms with Gasteiger partial charge in [0.1, 0.15) is 27.5 Å². The molecule has 6 heterocycles. The van der Waals surface area contributed by atoms with Crippen molar-refractivity contribution in [2.45, 2.75) is 25.3 Å². The minimum Gasteiger partial charge on any atom is -0.495 e. The number of rotatable bonds is 5. The number of fused-ring (bicyclic) bond motifs is 3. The lowest BCUT2D eigenvalue weighted by Crippen LogP contribution is -2.25. The molecule has 0 unspecified atom stereocenters. The van der Waals surface area contributed by atoms with E-state index in [4.69, 9.17) is 21.1 Å². The van der Waals surface area contributed by atoms with E-state index in [9.17, 15) is 8.78 Å². The third-order valence-corrected chi connectivity index (χ3v) is 6.33. The Morgan fingerprint density at radius 3 is 2.86 bits per heavy atom. The average molecular weight is 501 g/mol. The van der Waals surface area contributed by atoms with E-state index in [1.165, 1.54) is 16.9 Å². The lowest BCUT2D eigenvalue weighted by atomic mass is 10.1. The Labute approximate surface area is 202 Å². The maximum Gasteiger partial charge on any atom is 0.289 e. The lowest BCUT2D eigenvalue weighted by Gasteiger charge is -2.22. The Hall–Kier alpha value is -3.93. The Morgan fingerprint density at radius 1 is 1.20 bits per heavy atom. The first-order valence-corrected chi connectivity index (χ1v) is 11.2. The van der Waals surface area contributed by atoms with Gasteiger partial charge in [-0.2, -0.15) is 24.0 Å². The molecule has 35 heavy (non-hydrogen) atoms. The van der Waals surface area contributed by atoms with Crippen molar-refractivity contribution in [3.05, 3.63) is 47.5 Å². The molecule has 0 saturated carbocycles. The first kappa shape index (κ1) is 21.6. The SMILES string of the molecule is COc1ccc2c(Oc3cnc4nc(Nc5cc6n(n5)CCCC6(F)F)n(C)c4c3Cl)cnn2c1. The average Bonchev–Trinajstić information content (AvgIpc) is 3.52. The Kier molecular flexibility index (Phi) is 4.81. The molecule has 1 aliphatic rings. The van der Waals surface area contributed by atoms with Gasteiger partial charge >= 0.3 is 0 Å². The predicted molar refractivity (Wildman–Crippen MR) is 124 cm³/mol. The number of halogens is 3. The number of pyridine rings is 2. The van der Waals surface area contributed by atoms with Gasteiger partial charge in [0.15, 0.2) is 23.0 Å². The fourth-order valence-corrected chi connectivity index (χ4v) is 4.49. The van der Waals surface area contributed by atoms with Crippen LogP contribution in [0, 0.1) is 0 Å². The third kappa shape index (κ3) is 3.52. The summed E-state index contributed by atoms with van der Waals surface area (Å²) in [5.41, 5.74) is 1.49. The van der Waals surface area contributed by atoms with Crippen LogP contribution in [0.15, 0.2) is 36.8 Å². The van der Waals surface area contributed by atoms with Crippen LogP contribution in [0.5, 0.6) is 17.2 Å². The van der Waals surface area contributed by atoms with E-state index >= 15 is 0 Å². The normalized spacial score (nSPS) is 14.9. The van der Waals surface area contributed by atoms with Crippen LogP contribution < -0.4 is 14.8 Å². The lowest BCUT2D eigenvalue weighted by molar-refractivity contribution is -0.0364. The molecule has 1 N–H and O–H groups in total. The summed E-state index contributed by atoms with van der Waals surface area (Å²) in [5.74, 6) is -0.816. The molecule has 180 valence electrons. The number of imidazole rings is 1. The summed E-state index contributed by atoms with van der Waals surface area (Å²) in [6.45, 7) is 0.444. The number of nitrogens with one attached hydrogen (secondary N) is 1. The summed E-state index contributed by atoms with van der Waals surface area (Å²) >= 11 is 6.68. The van der Waals surface area contributed by atoms with E-state index in [-0.39, 0.29) is 17.9 Å². The summed E-state index contributed by atoms with van der Waals surface area (Å²) in [6.07, 6.45) is 4.96. The number of hydrogen-bond donors (Lipinski definition) is 1.